The summed E-state index contributed by atoms with van der Waals surface area (Å²) < 4.78 is 16.0. The normalized spacial score (nSPS) is 12.2. The fourth-order valence-corrected chi connectivity index (χ4v) is 8.55. The lowest BCUT2D eigenvalue weighted by Gasteiger charge is -2.15. The number of para-hydroxylation sites is 4. The van der Waals surface area contributed by atoms with Crippen molar-refractivity contribution in [1.29, 1.82) is 0 Å². The molecule has 0 aliphatic heterocycles. The molecule has 5 nitrogen and oxygen atoms in total. The van der Waals surface area contributed by atoms with Crippen molar-refractivity contribution in [2.75, 3.05) is 0 Å². The lowest BCUT2D eigenvalue weighted by Crippen LogP contribution is -1.99. The Morgan fingerprint density at radius 3 is 1.81 bits per heavy atom. The summed E-state index contributed by atoms with van der Waals surface area (Å²) in [5, 5.41) is 9.66. The lowest BCUT2D eigenvalue weighted by molar-refractivity contribution is 0.664. The third-order valence-electron chi connectivity index (χ3n) is 10.8. The Bertz CT molecular complexity index is 3460. The van der Waals surface area contributed by atoms with E-state index in [0.717, 1.165) is 110 Å². The van der Waals surface area contributed by atoms with Crippen molar-refractivity contribution in [2.24, 2.45) is 0 Å². The highest BCUT2D eigenvalue weighted by atomic mass is 16.3. The van der Waals surface area contributed by atoms with E-state index in [4.69, 9.17) is 18.8 Å². The van der Waals surface area contributed by atoms with Crippen molar-refractivity contribution < 1.29 is 8.83 Å². The first-order chi connectivity index (χ1) is 26.3. The molecule has 0 amide bonds. The Kier molecular flexibility index (Phi) is 5.71. The molecular weight excluding hydrogens is 651 g/mol. The maximum atomic E-state index is 6.86. The van der Waals surface area contributed by atoms with E-state index in [1.807, 2.05) is 36.4 Å². The molecule has 0 unspecified atom stereocenters. The molecule has 4 heterocycles. The molecule has 12 aromatic rings. The molecular formula is C48H27N3O2. The summed E-state index contributed by atoms with van der Waals surface area (Å²) in [6, 6.07) is 56.9. The number of furan rings is 2. The Balaban J connectivity index is 1.22. The average Bonchev–Trinajstić information content (AvgIpc) is 3.90. The molecule has 0 radical (unpaired) electrons. The number of aromatic nitrogens is 3. The van der Waals surface area contributed by atoms with Gasteiger partial charge >= 0.3 is 0 Å². The predicted molar refractivity (Wildman–Crippen MR) is 217 cm³/mol. The smallest absolute Gasteiger partial charge is 0.163 e. The average molecular weight is 678 g/mol. The summed E-state index contributed by atoms with van der Waals surface area (Å²) >= 11 is 0. The van der Waals surface area contributed by atoms with Gasteiger partial charge in [-0.05, 0) is 41.8 Å². The van der Waals surface area contributed by atoms with E-state index >= 15 is 0 Å². The first-order valence-corrected chi connectivity index (χ1v) is 17.8. The highest BCUT2D eigenvalue weighted by Gasteiger charge is 2.27. The van der Waals surface area contributed by atoms with Crippen LogP contribution in [-0.2, 0) is 0 Å². The number of benzene rings is 8. The van der Waals surface area contributed by atoms with Crippen LogP contribution in [0.4, 0.5) is 0 Å². The minimum atomic E-state index is 0.693. The number of hydrogen-bond donors (Lipinski definition) is 0. The van der Waals surface area contributed by atoms with Gasteiger partial charge in [0.1, 0.15) is 16.7 Å². The van der Waals surface area contributed by atoms with Crippen LogP contribution in [0.25, 0.3) is 116 Å². The van der Waals surface area contributed by atoms with E-state index in [2.05, 4.69) is 132 Å². The largest absolute Gasteiger partial charge is 0.455 e. The van der Waals surface area contributed by atoms with Gasteiger partial charge in [0.05, 0.1) is 33.3 Å². The van der Waals surface area contributed by atoms with Crippen LogP contribution in [0.3, 0.4) is 0 Å². The summed E-state index contributed by atoms with van der Waals surface area (Å²) in [5.41, 5.74) is 10.4. The van der Waals surface area contributed by atoms with Crippen molar-refractivity contribution >= 4 is 87.4 Å². The maximum absolute atomic E-state index is 6.86. The van der Waals surface area contributed by atoms with E-state index in [0.29, 0.717) is 5.82 Å². The predicted octanol–water partition coefficient (Wildman–Crippen LogP) is 13.0. The number of nitrogens with zero attached hydrogens (tertiary/aromatic N) is 3. The van der Waals surface area contributed by atoms with Gasteiger partial charge in [-0.25, -0.2) is 9.97 Å². The van der Waals surface area contributed by atoms with E-state index in [-0.39, 0.29) is 0 Å². The third-order valence-corrected chi connectivity index (χ3v) is 10.8. The highest BCUT2D eigenvalue weighted by Crippen LogP contribution is 2.49. The van der Waals surface area contributed by atoms with Crippen molar-refractivity contribution in [1.82, 2.24) is 14.5 Å². The fraction of sp³-hybridized carbons (Fsp3) is 0. The summed E-state index contributed by atoms with van der Waals surface area (Å²) in [7, 11) is 0. The molecule has 5 heteroatoms. The molecule has 0 saturated carbocycles. The van der Waals surface area contributed by atoms with E-state index in [1.54, 1.807) is 0 Å². The van der Waals surface area contributed by atoms with Crippen LogP contribution in [0.1, 0.15) is 0 Å². The van der Waals surface area contributed by atoms with Gasteiger partial charge in [0.25, 0.3) is 0 Å². The van der Waals surface area contributed by atoms with Gasteiger partial charge in [-0.15, -0.1) is 0 Å². The van der Waals surface area contributed by atoms with Crippen LogP contribution in [0, 0.1) is 0 Å². The molecule has 0 fully saturated rings. The van der Waals surface area contributed by atoms with Crippen LogP contribution in [0.5, 0.6) is 0 Å². The molecule has 8 aromatic carbocycles. The van der Waals surface area contributed by atoms with Crippen molar-refractivity contribution in [3.05, 3.63) is 164 Å². The quantitative estimate of drug-likeness (QED) is 0.187. The summed E-state index contributed by atoms with van der Waals surface area (Å²) in [6.45, 7) is 0. The molecule has 246 valence electrons. The fourth-order valence-electron chi connectivity index (χ4n) is 8.55. The minimum absolute atomic E-state index is 0.693. The van der Waals surface area contributed by atoms with E-state index in [9.17, 15) is 0 Å². The van der Waals surface area contributed by atoms with Gasteiger partial charge in [-0.2, -0.15) is 0 Å². The molecule has 0 aliphatic rings. The standard InChI is InChI=1S/C48H27N3O2/c1-2-14-28(15-3-1)44-32-18-6-10-22-36(32)49-48(50-44)31-26-27-38(30-17-5-4-16-29(30)31)51-37-23-11-7-19-33(37)41-42-34-20-8-12-24-39(34)52-46(42)43-35-21-9-13-25-40(35)53-47(43)45(41)51/h1-27H. The second kappa shape index (κ2) is 10.6. The Hall–Kier alpha value is -7.24. The SMILES string of the molecule is c1ccc(-c2nc(-c3ccc(-n4c5ccccc5c5c6c7ccccc7oc6c6c7ccccc7oc6c54)c4ccccc34)nc3ccccc23)cc1. The van der Waals surface area contributed by atoms with Crippen LogP contribution in [0.2, 0.25) is 0 Å². The second-order valence-electron chi connectivity index (χ2n) is 13.6. The minimum Gasteiger partial charge on any atom is -0.455 e. The van der Waals surface area contributed by atoms with Crippen molar-refractivity contribution in [2.45, 2.75) is 0 Å². The summed E-state index contributed by atoms with van der Waals surface area (Å²) in [5.74, 6) is 0.693. The van der Waals surface area contributed by atoms with Crippen molar-refractivity contribution in [3.8, 4) is 28.3 Å². The molecule has 0 aliphatic carbocycles. The maximum Gasteiger partial charge on any atom is 0.163 e. The second-order valence-corrected chi connectivity index (χ2v) is 13.6. The molecule has 4 aromatic heterocycles. The topological polar surface area (TPSA) is 57.0 Å². The van der Waals surface area contributed by atoms with Gasteiger partial charge in [-0.1, -0.05) is 127 Å². The molecule has 0 atom stereocenters. The van der Waals surface area contributed by atoms with E-state index in [1.165, 1.54) is 0 Å². The van der Waals surface area contributed by atoms with Crippen molar-refractivity contribution in [3.63, 3.8) is 0 Å². The Morgan fingerprint density at radius 1 is 0.415 bits per heavy atom. The van der Waals surface area contributed by atoms with Gasteiger partial charge in [0, 0.05) is 48.8 Å². The third kappa shape index (κ3) is 3.91. The first kappa shape index (κ1) is 28.5. The zero-order chi connectivity index (χ0) is 34.6. The van der Waals surface area contributed by atoms with Gasteiger partial charge < -0.3 is 13.4 Å². The van der Waals surface area contributed by atoms with Gasteiger partial charge in [-0.3, -0.25) is 0 Å². The zero-order valence-corrected chi connectivity index (χ0v) is 28.2. The molecule has 0 bridgehead atoms. The number of fused-ring (bicyclic) bond motifs is 14. The lowest BCUT2D eigenvalue weighted by atomic mass is 10.0. The van der Waals surface area contributed by atoms with Crippen LogP contribution in [0.15, 0.2) is 173 Å². The van der Waals surface area contributed by atoms with Crippen LogP contribution in [-0.4, -0.2) is 14.5 Å². The zero-order valence-electron chi connectivity index (χ0n) is 28.2. The van der Waals surface area contributed by atoms with E-state index < -0.39 is 0 Å². The summed E-state index contributed by atoms with van der Waals surface area (Å²) in [6.07, 6.45) is 0. The molecule has 0 saturated heterocycles. The van der Waals surface area contributed by atoms with Gasteiger partial charge in [0.2, 0.25) is 0 Å². The highest BCUT2D eigenvalue weighted by molar-refractivity contribution is 6.38. The summed E-state index contributed by atoms with van der Waals surface area (Å²) in [4.78, 5) is 10.4. The first-order valence-electron chi connectivity index (χ1n) is 17.8. The monoisotopic (exact) mass is 677 g/mol. The molecule has 0 N–H and O–H groups in total. The van der Waals surface area contributed by atoms with Crippen LogP contribution >= 0.6 is 0 Å². The number of rotatable bonds is 3. The molecule has 0 spiro atoms. The molecule has 53 heavy (non-hydrogen) atoms. The van der Waals surface area contributed by atoms with Crippen LogP contribution < -0.4 is 0 Å². The van der Waals surface area contributed by atoms with Gasteiger partial charge in [0.15, 0.2) is 11.4 Å². The Morgan fingerprint density at radius 2 is 1.02 bits per heavy atom. The number of hydrogen-bond acceptors (Lipinski definition) is 4. The molecule has 12 rings (SSSR count). The Labute approximate surface area is 302 Å².